The summed E-state index contributed by atoms with van der Waals surface area (Å²) in [6, 6.07) is 17.4. The first-order valence-corrected chi connectivity index (χ1v) is 12.4. The summed E-state index contributed by atoms with van der Waals surface area (Å²) >= 11 is 0. The maximum atomic E-state index is 10.0. The van der Waals surface area contributed by atoms with Crippen molar-refractivity contribution in [1.82, 2.24) is 30.4 Å². The molecule has 34 heavy (non-hydrogen) atoms. The second-order valence-corrected chi connectivity index (χ2v) is 9.40. The predicted octanol–water partition coefficient (Wildman–Crippen LogP) is 3.24. The van der Waals surface area contributed by atoms with Gasteiger partial charge >= 0.3 is 0 Å². The van der Waals surface area contributed by atoms with Crippen LogP contribution >= 0.6 is 0 Å². The molecule has 3 unspecified atom stereocenters. The molecule has 5 rings (SSSR count). The van der Waals surface area contributed by atoms with E-state index in [1.165, 1.54) is 16.5 Å². The predicted molar refractivity (Wildman–Crippen MR) is 135 cm³/mol. The average Bonchev–Trinajstić information content (AvgIpc) is 3.55. The van der Waals surface area contributed by atoms with Gasteiger partial charge in [0.15, 0.2) is 0 Å². The highest BCUT2D eigenvalue weighted by Gasteiger charge is 2.26. The van der Waals surface area contributed by atoms with Gasteiger partial charge in [-0.1, -0.05) is 30.3 Å². The molecule has 7 heteroatoms. The minimum atomic E-state index is 0.0951. The van der Waals surface area contributed by atoms with Crippen molar-refractivity contribution < 1.29 is 5.11 Å². The number of rotatable bonds is 10. The minimum absolute atomic E-state index is 0.0951. The molecule has 0 bridgehead atoms. The molecular formula is C27H34N6O. The fourth-order valence-corrected chi connectivity index (χ4v) is 5.25. The fourth-order valence-electron chi connectivity index (χ4n) is 5.25. The van der Waals surface area contributed by atoms with Gasteiger partial charge in [-0.15, -0.1) is 10.2 Å². The highest BCUT2D eigenvalue weighted by atomic mass is 16.3. The lowest BCUT2D eigenvalue weighted by molar-refractivity contribution is 0.189. The minimum Gasteiger partial charge on any atom is -0.395 e. The van der Waals surface area contributed by atoms with Crippen LogP contribution in [0.3, 0.4) is 0 Å². The van der Waals surface area contributed by atoms with E-state index in [1.54, 1.807) is 12.7 Å². The first-order chi connectivity index (χ1) is 16.8. The molecule has 2 aromatic heterocycles. The van der Waals surface area contributed by atoms with Gasteiger partial charge in [0.25, 0.3) is 0 Å². The summed E-state index contributed by atoms with van der Waals surface area (Å²) in [6.07, 6.45) is 10.9. The number of fused-ring (bicyclic) bond motifs is 1. The highest BCUT2D eigenvalue weighted by Crippen LogP contribution is 2.25. The van der Waals surface area contributed by atoms with Crippen LogP contribution in [-0.2, 0) is 12.8 Å². The van der Waals surface area contributed by atoms with Crippen LogP contribution in [0.1, 0.15) is 30.4 Å². The zero-order chi connectivity index (χ0) is 23.2. The molecule has 1 saturated heterocycles. The van der Waals surface area contributed by atoms with Crippen LogP contribution in [0.5, 0.6) is 0 Å². The molecule has 1 aliphatic rings. The van der Waals surface area contributed by atoms with Crippen molar-refractivity contribution in [2.75, 3.05) is 19.7 Å². The monoisotopic (exact) mass is 458 g/mol. The summed E-state index contributed by atoms with van der Waals surface area (Å²) in [4.78, 5) is 3.42. The van der Waals surface area contributed by atoms with Crippen molar-refractivity contribution in [2.24, 2.45) is 5.92 Å². The van der Waals surface area contributed by atoms with Crippen LogP contribution < -0.4 is 10.6 Å². The molecular weight excluding hydrogens is 424 g/mol. The number of aliphatic hydroxyl groups is 1. The molecule has 3 atom stereocenters. The molecule has 3 heterocycles. The van der Waals surface area contributed by atoms with E-state index >= 15 is 0 Å². The van der Waals surface area contributed by atoms with Crippen molar-refractivity contribution in [3.05, 3.63) is 78.5 Å². The van der Waals surface area contributed by atoms with E-state index in [2.05, 4.69) is 74.5 Å². The van der Waals surface area contributed by atoms with Crippen LogP contribution in [0.4, 0.5) is 0 Å². The maximum Gasteiger partial charge on any atom is 0.123 e. The summed E-state index contributed by atoms with van der Waals surface area (Å²) in [6.45, 7) is 2.23. The van der Waals surface area contributed by atoms with Crippen molar-refractivity contribution in [3.8, 4) is 5.69 Å². The smallest absolute Gasteiger partial charge is 0.123 e. The van der Waals surface area contributed by atoms with Crippen LogP contribution in [0.25, 0.3) is 16.6 Å². The number of aryl methyl sites for hydroxylation is 1. The summed E-state index contributed by atoms with van der Waals surface area (Å²) in [5.41, 5.74) is 4.87. The third-order valence-electron chi connectivity index (χ3n) is 7.09. The van der Waals surface area contributed by atoms with Gasteiger partial charge in [-0.3, -0.25) is 4.57 Å². The molecule has 0 aliphatic carbocycles. The second kappa shape index (κ2) is 11.0. The lowest BCUT2D eigenvalue weighted by atomic mass is 9.87. The summed E-state index contributed by atoms with van der Waals surface area (Å²) in [7, 11) is 0. The van der Waals surface area contributed by atoms with E-state index in [9.17, 15) is 5.11 Å². The van der Waals surface area contributed by atoms with Gasteiger partial charge in [-0.05, 0) is 80.4 Å². The Bertz CT molecular complexity index is 1160. The van der Waals surface area contributed by atoms with Crippen molar-refractivity contribution >= 4 is 10.9 Å². The Kier molecular flexibility index (Phi) is 7.34. The van der Waals surface area contributed by atoms with Gasteiger partial charge < -0.3 is 20.7 Å². The molecule has 4 N–H and O–H groups in total. The van der Waals surface area contributed by atoms with E-state index in [-0.39, 0.29) is 12.6 Å². The van der Waals surface area contributed by atoms with Crippen molar-refractivity contribution in [2.45, 2.75) is 44.2 Å². The molecule has 2 aromatic carbocycles. The Morgan fingerprint density at radius 1 is 1.12 bits per heavy atom. The number of H-pyrrole nitrogens is 1. The standard InChI is InChI=1S/C27H34N6O/c34-17-23(13-20-5-2-1-3-6-20)32-26-11-12-28-15-22(26)8-4-7-21-16-29-27-10-9-24(14-25(21)27)33-18-30-31-19-33/h1-3,5-6,9-10,14,16,18-19,22-23,26,28-29,32,34H,4,7-8,11-13,15,17H2. The molecule has 1 aliphatic heterocycles. The molecule has 0 amide bonds. The van der Waals surface area contributed by atoms with E-state index in [4.69, 9.17) is 0 Å². The number of nitrogens with one attached hydrogen (secondary N) is 3. The van der Waals surface area contributed by atoms with Gasteiger partial charge in [0, 0.05) is 34.9 Å². The number of hydrogen-bond donors (Lipinski definition) is 4. The quantitative estimate of drug-likeness (QED) is 0.293. The number of hydrogen-bond acceptors (Lipinski definition) is 5. The third kappa shape index (κ3) is 5.38. The number of nitrogens with zero attached hydrogens (tertiary/aromatic N) is 3. The number of piperidine rings is 1. The Balaban J connectivity index is 1.20. The normalized spacial score (nSPS) is 19.4. The van der Waals surface area contributed by atoms with E-state index < -0.39 is 0 Å². The Morgan fingerprint density at radius 2 is 1.97 bits per heavy atom. The van der Waals surface area contributed by atoms with Gasteiger partial charge in [-0.2, -0.15) is 0 Å². The topological polar surface area (TPSA) is 90.8 Å². The first-order valence-electron chi connectivity index (χ1n) is 12.4. The van der Waals surface area contributed by atoms with Crippen LogP contribution in [0.15, 0.2) is 67.4 Å². The lowest BCUT2D eigenvalue weighted by Gasteiger charge is -2.35. The van der Waals surface area contributed by atoms with E-state index in [0.29, 0.717) is 12.0 Å². The number of benzene rings is 2. The molecule has 7 nitrogen and oxygen atoms in total. The molecule has 0 saturated carbocycles. The number of aliphatic hydroxyl groups excluding tert-OH is 1. The second-order valence-electron chi connectivity index (χ2n) is 9.40. The number of aromatic nitrogens is 4. The number of aromatic amines is 1. The van der Waals surface area contributed by atoms with Crippen molar-refractivity contribution in [3.63, 3.8) is 0 Å². The van der Waals surface area contributed by atoms with Gasteiger partial charge in [0.05, 0.1) is 6.61 Å². The molecule has 4 aromatic rings. The van der Waals surface area contributed by atoms with Gasteiger partial charge in [-0.25, -0.2) is 0 Å². The molecule has 0 spiro atoms. The summed E-state index contributed by atoms with van der Waals surface area (Å²) in [5.74, 6) is 0.566. The molecule has 1 fully saturated rings. The van der Waals surface area contributed by atoms with E-state index in [1.807, 2.05) is 10.6 Å². The Hall–Kier alpha value is -3.00. The first kappa shape index (κ1) is 22.8. The largest absolute Gasteiger partial charge is 0.395 e. The molecule has 0 radical (unpaired) electrons. The molecule has 178 valence electrons. The van der Waals surface area contributed by atoms with Gasteiger partial charge in [0.1, 0.15) is 12.7 Å². The zero-order valence-corrected chi connectivity index (χ0v) is 19.5. The van der Waals surface area contributed by atoms with Crippen LogP contribution in [-0.4, -0.2) is 56.6 Å². The van der Waals surface area contributed by atoms with Crippen molar-refractivity contribution in [1.29, 1.82) is 0 Å². The maximum absolute atomic E-state index is 10.0. The third-order valence-corrected chi connectivity index (χ3v) is 7.09. The van der Waals surface area contributed by atoms with Gasteiger partial charge in [0.2, 0.25) is 0 Å². The zero-order valence-electron chi connectivity index (χ0n) is 19.5. The fraction of sp³-hybridized carbons (Fsp3) is 0.407. The van der Waals surface area contributed by atoms with Crippen LogP contribution in [0.2, 0.25) is 0 Å². The van der Waals surface area contributed by atoms with Crippen LogP contribution in [0, 0.1) is 5.92 Å². The average molecular weight is 459 g/mol. The summed E-state index contributed by atoms with van der Waals surface area (Å²) in [5, 5.41) is 26.5. The summed E-state index contributed by atoms with van der Waals surface area (Å²) < 4.78 is 1.94. The van der Waals surface area contributed by atoms with E-state index in [0.717, 1.165) is 56.4 Å². The lowest BCUT2D eigenvalue weighted by Crippen LogP contribution is -2.52. The Morgan fingerprint density at radius 3 is 2.79 bits per heavy atom. The Labute approximate surface area is 200 Å². The SMILES string of the molecule is OCC(Cc1ccccc1)NC1CCNCC1CCCc1c[nH]c2ccc(-n3cnnc3)cc12. The highest BCUT2D eigenvalue weighted by molar-refractivity contribution is 5.85.